The number of aliphatic hydroxyl groups is 1. The first-order valence-electron chi connectivity index (χ1n) is 33.1. The van der Waals surface area contributed by atoms with E-state index in [-0.39, 0.29) is 25.7 Å². The van der Waals surface area contributed by atoms with Gasteiger partial charge in [-0.25, -0.2) is 9.13 Å². The van der Waals surface area contributed by atoms with E-state index in [1.807, 2.05) is 0 Å². The van der Waals surface area contributed by atoms with E-state index >= 15 is 0 Å². The van der Waals surface area contributed by atoms with Gasteiger partial charge in [0.1, 0.15) is 19.3 Å². The molecule has 0 aliphatic rings. The van der Waals surface area contributed by atoms with Crippen LogP contribution >= 0.6 is 15.6 Å². The number of hydrogen-bond acceptors (Lipinski definition) is 15. The Morgan fingerprint density at radius 2 is 0.561 bits per heavy atom. The largest absolute Gasteiger partial charge is 0.472 e. The van der Waals surface area contributed by atoms with E-state index in [0.29, 0.717) is 25.7 Å². The van der Waals surface area contributed by atoms with Crippen molar-refractivity contribution in [3.8, 4) is 0 Å². The number of hydrogen-bond donors (Lipinski definition) is 3. The molecule has 0 aromatic rings. The van der Waals surface area contributed by atoms with Gasteiger partial charge in [0.2, 0.25) is 0 Å². The number of carbonyl (C=O) groups excluding carboxylic acids is 4. The van der Waals surface area contributed by atoms with Gasteiger partial charge in [0.15, 0.2) is 12.2 Å². The second-order valence-electron chi connectivity index (χ2n) is 23.3. The minimum atomic E-state index is -4.94. The standard InChI is InChI=1S/C63H122O17P2/c1-6-9-12-15-18-20-21-22-23-24-25-26-27-34-39-44-49-63(68)80-59(53-74-61(66)47-42-37-33-29-28-31-35-40-45-56(4)5)55-78-82(71,72)76-51-57(64)50-75-81(69,70)77-54-58(52-73-60(65)46-41-36-30-17-14-11-8-3)79-62(67)48-43-38-32-19-16-13-10-7-2/h56-59,64H,6-55H2,1-5H3,(H,69,70)(H,71,72)/t57-,58+,59+/m0/s1. The maximum Gasteiger partial charge on any atom is 0.472 e. The minimum absolute atomic E-state index is 0.105. The highest BCUT2D eigenvalue weighted by molar-refractivity contribution is 7.47. The smallest absolute Gasteiger partial charge is 0.462 e. The Balaban J connectivity index is 5.18. The van der Waals surface area contributed by atoms with Crippen molar-refractivity contribution in [3.63, 3.8) is 0 Å². The van der Waals surface area contributed by atoms with Gasteiger partial charge in [0, 0.05) is 25.7 Å². The third-order valence-electron chi connectivity index (χ3n) is 14.5. The van der Waals surface area contributed by atoms with E-state index in [4.69, 9.17) is 37.0 Å². The Hall–Kier alpha value is -1.94. The van der Waals surface area contributed by atoms with Gasteiger partial charge in [-0.2, -0.15) is 0 Å². The summed E-state index contributed by atoms with van der Waals surface area (Å²) in [6.45, 7) is 7.09. The number of phosphoric acid groups is 2. The lowest BCUT2D eigenvalue weighted by molar-refractivity contribution is -0.161. The zero-order valence-electron chi connectivity index (χ0n) is 52.6. The SMILES string of the molecule is CCCCCCCCCCCCCCCCCCC(=O)O[C@H](COC(=O)CCCCCCCCCCC(C)C)COP(=O)(O)OC[C@@H](O)COP(=O)(O)OC[C@@H](COC(=O)CCCCCCCCC)OC(=O)CCCCCCCCCC. The second kappa shape index (κ2) is 56.8. The number of unbranched alkanes of at least 4 members (excludes halogenated alkanes) is 35. The molecular formula is C63H122O17P2. The van der Waals surface area contributed by atoms with Crippen LogP contribution in [0.3, 0.4) is 0 Å². The summed E-state index contributed by atoms with van der Waals surface area (Å²) in [6, 6.07) is 0. The summed E-state index contributed by atoms with van der Waals surface area (Å²) in [5.41, 5.74) is 0. The maximum absolute atomic E-state index is 13.0. The van der Waals surface area contributed by atoms with E-state index < -0.39 is 97.5 Å². The molecule has 0 saturated heterocycles. The highest BCUT2D eigenvalue weighted by atomic mass is 31.2. The summed E-state index contributed by atoms with van der Waals surface area (Å²) in [6.07, 6.45) is 40.5. The molecule has 0 spiro atoms. The van der Waals surface area contributed by atoms with Crippen molar-refractivity contribution in [2.45, 2.75) is 335 Å². The van der Waals surface area contributed by atoms with Gasteiger partial charge in [-0.15, -0.1) is 0 Å². The Morgan fingerprint density at radius 1 is 0.329 bits per heavy atom. The fourth-order valence-corrected chi connectivity index (χ4v) is 11.0. The van der Waals surface area contributed by atoms with Crippen LogP contribution in [0.4, 0.5) is 0 Å². The first-order chi connectivity index (χ1) is 39.5. The molecule has 0 aromatic heterocycles. The molecule has 0 aliphatic carbocycles. The van der Waals surface area contributed by atoms with Gasteiger partial charge in [0.25, 0.3) is 0 Å². The molecule has 17 nitrogen and oxygen atoms in total. The average molecular weight is 1210 g/mol. The van der Waals surface area contributed by atoms with E-state index in [1.165, 1.54) is 122 Å². The van der Waals surface area contributed by atoms with Crippen LogP contribution in [0, 0.1) is 5.92 Å². The molecule has 0 aliphatic heterocycles. The Morgan fingerprint density at radius 3 is 0.829 bits per heavy atom. The van der Waals surface area contributed by atoms with Gasteiger partial charge in [-0.1, -0.05) is 266 Å². The highest BCUT2D eigenvalue weighted by Gasteiger charge is 2.30. The molecule has 19 heteroatoms. The number of rotatable bonds is 63. The molecule has 0 radical (unpaired) electrons. The summed E-state index contributed by atoms with van der Waals surface area (Å²) in [7, 11) is -9.88. The van der Waals surface area contributed by atoms with Crippen molar-refractivity contribution >= 4 is 39.5 Å². The lowest BCUT2D eigenvalue weighted by Crippen LogP contribution is -2.30. The molecule has 0 bridgehead atoms. The number of ether oxygens (including phenoxy) is 4. The Labute approximate surface area is 498 Å². The van der Waals surface area contributed by atoms with Crippen LogP contribution in [0.2, 0.25) is 0 Å². The summed E-state index contributed by atoms with van der Waals surface area (Å²) in [4.78, 5) is 72.0. The number of carbonyl (C=O) groups is 4. The fourth-order valence-electron chi connectivity index (χ4n) is 9.41. The van der Waals surface area contributed by atoms with Gasteiger partial charge < -0.3 is 33.8 Å². The monoisotopic (exact) mass is 1210 g/mol. The summed E-state index contributed by atoms with van der Waals surface area (Å²) >= 11 is 0. The average Bonchev–Trinajstić information content (AvgIpc) is 3.47. The zero-order valence-corrected chi connectivity index (χ0v) is 54.4. The van der Waals surface area contributed by atoms with Crippen LogP contribution in [0.1, 0.15) is 317 Å². The number of aliphatic hydroxyl groups excluding tert-OH is 1. The molecule has 0 amide bonds. The van der Waals surface area contributed by atoms with Crippen LogP contribution < -0.4 is 0 Å². The van der Waals surface area contributed by atoms with Crippen LogP contribution in [0.25, 0.3) is 0 Å². The van der Waals surface area contributed by atoms with Gasteiger partial charge in [-0.05, 0) is 31.6 Å². The van der Waals surface area contributed by atoms with Crippen molar-refractivity contribution in [2.24, 2.45) is 5.92 Å². The molecule has 486 valence electrons. The summed E-state index contributed by atoms with van der Waals surface area (Å²) in [5, 5.41) is 10.5. The first-order valence-corrected chi connectivity index (χ1v) is 36.1. The maximum atomic E-state index is 13.0. The molecule has 0 rings (SSSR count). The van der Waals surface area contributed by atoms with Crippen molar-refractivity contribution < 1.29 is 80.2 Å². The molecule has 3 N–H and O–H groups in total. The Kier molecular flexibility index (Phi) is 55.5. The van der Waals surface area contributed by atoms with E-state index in [0.717, 1.165) is 115 Å². The molecule has 82 heavy (non-hydrogen) atoms. The van der Waals surface area contributed by atoms with Gasteiger partial charge in [-0.3, -0.25) is 37.3 Å². The minimum Gasteiger partial charge on any atom is -0.462 e. The van der Waals surface area contributed by atoms with E-state index in [1.54, 1.807) is 0 Å². The van der Waals surface area contributed by atoms with Crippen LogP contribution in [0.15, 0.2) is 0 Å². The van der Waals surface area contributed by atoms with Crippen molar-refractivity contribution in [1.82, 2.24) is 0 Å². The van der Waals surface area contributed by atoms with Gasteiger partial charge in [0.05, 0.1) is 26.4 Å². The van der Waals surface area contributed by atoms with Crippen molar-refractivity contribution in [1.29, 1.82) is 0 Å². The first kappa shape index (κ1) is 80.1. The van der Waals surface area contributed by atoms with Crippen molar-refractivity contribution in [2.75, 3.05) is 39.6 Å². The molecular weight excluding hydrogens is 1090 g/mol. The second-order valence-corrected chi connectivity index (χ2v) is 26.2. The van der Waals surface area contributed by atoms with Gasteiger partial charge >= 0.3 is 39.5 Å². The fraction of sp³-hybridized carbons (Fsp3) is 0.937. The normalized spacial score (nSPS) is 14.3. The lowest BCUT2D eigenvalue weighted by Gasteiger charge is -2.21. The predicted molar refractivity (Wildman–Crippen MR) is 326 cm³/mol. The third kappa shape index (κ3) is 57.2. The predicted octanol–water partition coefficient (Wildman–Crippen LogP) is 17.4. The van der Waals surface area contributed by atoms with Crippen LogP contribution in [-0.2, 0) is 65.4 Å². The van der Waals surface area contributed by atoms with Crippen molar-refractivity contribution in [3.05, 3.63) is 0 Å². The highest BCUT2D eigenvalue weighted by Crippen LogP contribution is 2.45. The van der Waals surface area contributed by atoms with Crippen LogP contribution in [-0.4, -0.2) is 96.7 Å². The van der Waals surface area contributed by atoms with E-state index in [2.05, 4.69) is 34.6 Å². The molecule has 5 atom stereocenters. The third-order valence-corrected chi connectivity index (χ3v) is 16.4. The summed E-state index contributed by atoms with van der Waals surface area (Å²) < 4.78 is 67.8. The molecule has 0 aromatic carbocycles. The van der Waals surface area contributed by atoms with Crippen LogP contribution in [0.5, 0.6) is 0 Å². The summed E-state index contributed by atoms with van der Waals surface area (Å²) in [5.74, 6) is -1.41. The van der Waals surface area contributed by atoms with E-state index in [9.17, 15) is 43.2 Å². The number of esters is 4. The Bertz CT molecular complexity index is 1600. The number of phosphoric ester groups is 2. The zero-order chi connectivity index (χ0) is 60.6. The molecule has 2 unspecified atom stereocenters. The molecule has 0 fully saturated rings. The topological polar surface area (TPSA) is 237 Å². The molecule has 0 saturated carbocycles. The lowest BCUT2D eigenvalue weighted by atomic mass is 10.0. The quantitative estimate of drug-likeness (QED) is 0.0222. The molecule has 0 heterocycles.